The minimum atomic E-state index is -0.139. The van der Waals surface area contributed by atoms with Gasteiger partial charge in [-0.05, 0) is 47.7 Å². The van der Waals surface area contributed by atoms with Gasteiger partial charge in [0, 0.05) is 18.2 Å². The zero-order chi connectivity index (χ0) is 19.2. The number of carbonyl (C=O) groups excluding carboxylic acids is 2. The topological polar surface area (TPSA) is 87.7 Å². The number of hydrogen-bond acceptors (Lipinski definition) is 4. The van der Waals surface area contributed by atoms with Gasteiger partial charge in [-0.2, -0.15) is 0 Å². The van der Waals surface area contributed by atoms with Gasteiger partial charge in [-0.1, -0.05) is 24.3 Å². The summed E-state index contributed by atoms with van der Waals surface area (Å²) in [5.41, 5.74) is 2.69. The Morgan fingerprint density at radius 1 is 1.19 bits per heavy atom. The molecule has 0 heterocycles. The van der Waals surface area contributed by atoms with Crippen LogP contribution in [-0.2, 0) is 16.0 Å². The van der Waals surface area contributed by atoms with Gasteiger partial charge in [0.25, 0.3) is 0 Å². The maximum absolute atomic E-state index is 12.5. The van der Waals surface area contributed by atoms with E-state index in [1.807, 2.05) is 36.4 Å². The van der Waals surface area contributed by atoms with Crippen molar-refractivity contribution < 1.29 is 19.4 Å². The Morgan fingerprint density at radius 3 is 2.67 bits per heavy atom. The van der Waals surface area contributed by atoms with Crippen LogP contribution in [0.15, 0.2) is 48.5 Å². The number of anilines is 1. The van der Waals surface area contributed by atoms with Gasteiger partial charge in [0.05, 0.1) is 20.1 Å². The molecule has 0 aromatic heterocycles. The third-order valence-corrected chi connectivity index (χ3v) is 4.67. The number of aliphatic hydroxyl groups is 1. The van der Waals surface area contributed by atoms with E-state index in [4.69, 9.17) is 9.84 Å². The molecule has 27 heavy (non-hydrogen) atoms. The number of ether oxygens (including phenoxy) is 1. The molecule has 2 aromatic carbocycles. The quantitative estimate of drug-likeness (QED) is 0.666. The standard InChI is InChI=1S/C21H24N2O4/c1-27-17-4-2-3-15(12-17)18-13-19(18)21(26)23-16-7-5-14(6-8-16)11-20(25)22-9-10-24/h2-8,12,18-19,24H,9-11,13H2,1H3,(H,22,25)(H,23,26)/t18-,19-/m0/s1. The van der Waals surface area contributed by atoms with E-state index in [0.717, 1.165) is 29.0 Å². The average molecular weight is 368 g/mol. The highest BCUT2D eigenvalue weighted by atomic mass is 16.5. The molecule has 0 spiro atoms. The highest BCUT2D eigenvalue weighted by molar-refractivity contribution is 5.95. The van der Waals surface area contributed by atoms with Crippen molar-refractivity contribution in [2.45, 2.75) is 18.8 Å². The average Bonchev–Trinajstić information content (AvgIpc) is 3.49. The molecule has 0 aliphatic heterocycles. The molecule has 3 rings (SSSR count). The molecule has 1 aliphatic rings. The summed E-state index contributed by atoms with van der Waals surface area (Å²) in [5.74, 6) is 0.879. The number of nitrogens with one attached hydrogen (secondary N) is 2. The first-order valence-electron chi connectivity index (χ1n) is 9.02. The predicted octanol–water partition coefficient (Wildman–Crippen LogP) is 2.09. The van der Waals surface area contributed by atoms with Crippen molar-refractivity contribution >= 4 is 17.5 Å². The largest absolute Gasteiger partial charge is 0.497 e. The maximum atomic E-state index is 12.5. The normalized spacial score (nSPS) is 17.9. The van der Waals surface area contributed by atoms with Crippen molar-refractivity contribution in [2.75, 3.05) is 25.6 Å². The van der Waals surface area contributed by atoms with Crippen LogP contribution in [0.3, 0.4) is 0 Å². The van der Waals surface area contributed by atoms with E-state index in [1.54, 1.807) is 19.2 Å². The molecule has 6 nitrogen and oxygen atoms in total. The highest BCUT2D eigenvalue weighted by Gasteiger charge is 2.44. The lowest BCUT2D eigenvalue weighted by Gasteiger charge is -2.08. The van der Waals surface area contributed by atoms with E-state index >= 15 is 0 Å². The molecule has 2 amide bonds. The first-order valence-corrected chi connectivity index (χ1v) is 9.02. The van der Waals surface area contributed by atoms with Gasteiger partial charge >= 0.3 is 0 Å². The van der Waals surface area contributed by atoms with Crippen molar-refractivity contribution in [3.63, 3.8) is 0 Å². The van der Waals surface area contributed by atoms with Crippen LogP contribution in [0.25, 0.3) is 0 Å². The van der Waals surface area contributed by atoms with Gasteiger partial charge in [0.15, 0.2) is 0 Å². The number of rotatable bonds is 8. The minimum Gasteiger partial charge on any atom is -0.497 e. The van der Waals surface area contributed by atoms with Gasteiger partial charge in [0.2, 0.25) is 11.8 Å². The second-order valence-electron chi connectivity index (χ2n) is 6.66. The van der Waals surface area contributed by atoms with Gasteiger partial charge in [0.1, 0.15) is 5.75 Å². The molecule has 1 saturated carbocycles. The van der Waals surface area contributed by atoms with Gasteiger partial charge in [-0.3, -0.25) is 9.59 Å². The monoisotopic (exact) mass is 368 g/mol. The predicted molar refractivity (Wildman–Crippen MR) is 103 cm³/mol. The summed E-state index contributed by atoms with van der Waals surface area (Å²) in [6, 6.07) is 15.1. The van der Waals surface area contributed by atoms with Crippen LogP contribution in [0.4, 0.5) is 5.69 Å². The minimum absolute atomic E-state index is 0.0104. The third kappa shape index (κ3) is 5.08. The zero-order valence-electron chi connectivity index (χ0n) is 15.3. The fourth-order valence-corrected chi connectivity index (χ4v) is 3.11. The Bertz CT molecular complexity index is 804. The fourth-order valence-electron chi connectivity index (χ4n) is 3.11. The lowest BCUT2D eigenvalue weighted by Crippen LogP contribution is -2.27. The molecule has 142 valence electrons. The molecule has 1 fully saturated rings. The summed E-state index contributed by atoms with van der Waals surface area (Å²) in [5, 5.41) is 14.3. The Balaban J connectivity index is 1.52. The summed E-state index contributed by atoms with van der Waals surface area (Å²) >= 11 is 0. The second-order valence-corrected chi connectivity index (χ2v) is 6.66. The van der Waals surface area contributed by atoms with Crippen molar-refractivity contribution in [1.29, 1.82) is 0 Å². The molecular weight excluding hydrogens is 344 g/mol. The molecule has 0 radical (unpaired) electrons. The Kier molecular flexibility index (Phi) is 6.08. The number of hydrogen-bond donors (Lipinski definition) is 3. The summed E-state index contributed by atoms with van der Waals surface area (Å²) in [4.78, 5) is 24.1. The van der Waals surface area contributed by atoms with Gasteiger partial charge < -0.3 is 20.5 Å². The number of carbonyl (C=O) groups is 2. The van der Waals surface area contributed by atoms with E-state index in [-0.39, 0.29) is 43.2 Å². The van der Waals surface area contributed by atoms with E-state index in [9.17, 15) is 9.59 Å². The second kappa shape index (κ2) is 8.68. The third-order valence-electron chi connectivity index (χ3n) is 4.67. The molecule has 0 saturated heterocycles. The van der Waals surface area contributed by atoms with E-state index < -0.39 is 0 Å². The molecule has 2 aromatic rings. The molecule has 6 heteroatoms. The first-order chi connectivity index (χ1) is 13.1. The smallest absolute Gasteiger partial charge is 0.228 e. The van der Waals surface area contributed by atoms with Crippen LogP contribution >= 0.6 is 0 Å². The van der Waals surface area contributed by atoms with Crippen molar-refractivity contribution in [2.24, 2.45) is 5.92 Å². The van der Waals surface area contributed by atoms with Crippen molar-refractivity contribution in [3.8, 4) is 5.75 Å². The summed E-state index contributed by atoms with van der Waals surface area (Å²) in [6.45, 7) is 0.178. The summed E-state index contributed by atoms with van der Waals surface area (Å²) in [7, 11) is 1.64. The van der Waals surface area contributed by atoms with E-state index in [2.05, 4.69) is 10.6 Å². The van der Waals surface area contributed by atoms with E-state index in [1.165, 1.54) is 0 Å². The van der Waals surface area contributed by atoms with Crippen molar-refractivity contribution in [1.82, 2.24) is 5.32 Å². The molecular formula is C21H24N2O4. The molecule has 0 unspecified atom stereocenters. The fraction of sp³-hybridized carbons (Fsp3) is 0.333. The first kappa shape index (κ1) is 18.9. The lowest BCUT2D eigenvalue weighted by molar-refractivity contribution is -0.120. The number of amides is 2. The van der Waals surface area contributed by atoms with Crippen LogP contribution in [0.5, 0.6) is 5.75 Å². The summed E-state index contributed by atoms with van der Waals surface area (Å²) in [6.07, 6.45) is 1.08. The van der Waals surface area contributed by atoms with Crippen molar-refractivity contribution in [3.05, 3.63) is 59.7 Å². The van der Waals surface area contributed by atoms with Gasteiger partial charge in [-0.25, -0.2) is 0 Å². The van der Waals surface area contributed by atoms with Crippen LogP contribution in [0, 0.1) is 5.92 Å². The number of aliphatic hydroxyl groups excluding tert-OH is 1. The molecule has 3 N–H and O–H groups in total. The van der Waals surface area contributed by atoms with E-state index in [0.29, 0.717) is 0 Å². The molecule has 0 bridgehead atoms. The summed E-state index contributed by atoms with van der Waals surface area (Å²) < 4.78 is 5.24. The van der Waals surface area contributed by atoms with Crippen LogP contribution < -0.4 is 15.4 Å². The molecule has 2 atom stereocenters. The highest BCUT2D eigenvalue weighted by Crippen LogP contribution is 2.48. The number of methoxy groups -OCH3 is 1. The maximum Gasteiger partial charge on any atom is 0.228 e. The van der Waals surface area contributed by atoms with Gasteiger partial charge in [-0.15, -0.1) is 0 Å². The lowest BCUT2D eigenvalue weighted by atomic mass is 10.1. The Morgan fingerprint density at radius 2 is 1.96 bits per heavy atom. The zero-order valence-corrected chi connectivity index (χ0v) is 15.3. The Labute approximate surface area is 158 Å². The number of benzene rings is 2. The SMILES string of the molecule is COc1cccc([C@@H]2C[C@@H]2C(=O)Nc2ccc(CC(=O)NCCO)cc2)c1. The van der Waals surface area contributed by atoms with Crippen LogP contribution in [-0.4, -0.2) is 37.2 Å². The van der Waals surface area contributed by atoms with Crippen LogP contribution in [0.1, 0.15) is 23.5 Å². The molecule has 1 aliphatic carbocycles. The van der Waals surface area contributed by atoms with Crippen LogP contribution in [0.2, 0.25) is 0 Å². The Hall–Kier alpha value is -2.86.